The second kappa shape index (κ2) is 6.09. The maximum Gasteiger partial charge on any atom is 0.332 e. The minimum absolute atomic E-state index is 0.0199. The molecule has 0 unspecified atom stereocenters. The average Bonchev–Trinajstić information content (AvgIpc) is 3.23. The molecule has 3 aromatic heterocycles. The van der Waals surface area contributed by atoms with Gasteiger partial charge in [0.15, 0.2) is 11.2 Å². The minimum atomic E-state index is -0.470. The predicted molar refractivity (Wildman–Crippen MR) is 93.3 cm³/mol. The fourth-order valence-electron chi connectivity index (χ4n) is 2.89. The predicted octanol–water partition coefficient (Wildman–Crippen LogP) is -0.820. The topological polar surface area (TPSA) is 104 Å². The molecule has 0 spiro atoms. The van der Waals surface area contributed by atoms with E-state index in [9.17, 15) is 14.4 Å². The van der Waals surface area contributed by atoms with E-state index in [2.05, 4.69) is 9.97 Å². The number of hydrogen-bond donors (Lipinski definition) is 0. The van der Waals surface area contributed by atoms with Crippen LogP contribution in [0.3, 0.4) is 0 Å². The van der Waals surface area contributed by atoms with Gasteiger partial charge in [0, 0.05) is 25.7 Å². The van der Waals surface area contributed by atoms with E-state index >= 15 is 0 Å². The molecule has 3 aromatic rings. The lowest BCUT2D eigenvalue weighted by Crippen LogP contribution is -2.56. The first-order valence-electron chi connectivity index (χ1n) is 7.90. The average molecular weight is 376 g/mol. The first-order chi connectivity index (χ1) is 12.5. The van der Waals surface area contributed by atoms with E-state index in [1.807, 2.05) is 5.38 Å². The highest BCUT2D eigenvalue weighted by Gasteiger charge is 2.33. The first kappa shape index (κ1) is 16.5. The summed E-state index contributed by atoms with van der Waals surface area (Å²) in [6.07, 6.45) is 3.00. The molecular formula is C15H16N6O4S. The molecule has 0 radical (unpaired) electrons. The molecule has 10 nitrogen and oxygen atoms in total. The van der Waals surface area contributed by atoms with Crippen LogP contribution in [0.15, 0.2) is 27.5 Å². The van der Waals surface area contributed by atoms with Crippen LogP contribution in [0.2, 0.25) is 0 Å². The van der Waals surface area contributed by atoms with Crippen LogP contribution < -0.4 is 16.0 Å². The smallest absolute Gasteiger partial charge is 0.332 e. The van der Waals surface area contributed by atoms with E-state index in [4.69, 9.17) is 4.74 Å². The summed E-state index contributed by atoms with van der Waals surface area (Å²) in [5.41, 5.74) is -0.426. The van der Waals surface area contributed by atoms with Gasteiger partial charge in [-0.1, -0.05) is 11.3 Å². The number of imidazole rings is 1. The third-order valence-corrected chi connectivity index (χ3v) is 5.06. The number of carbonyl (C=O) groups excluding carboxylic acids is 1. The molecule has 0 atom stereocenters. The van der Waals surface area contributed by atoms with Crippen LogP contribution in [0.5, 0.6) is 5.19 Å². The van der Waals surface area contributed by atoms with Crippen molar-refractivity contribution in [3.05, 3.63) is 38.7 Å². The van der Waals surface area contributed by atoms with Crippen molar-refractivity contribution in [1.82, 2.24) is 28.6 Å². The Labute approximate surface area is 150 Å². The van der Waals surface area contributed by atoms with Gasteiger partial charge in [-0.2, -0.15) is 0 Å². The largest absolute Gasteiger partial charge is 0.463 e. The number of ether oxygens (including phenoxy) is 1. The molecule has 0 bridgehead atoms. The van der Waals surface area contributed by atoms with Crippen molar-refractivity contribution in [2.75, 3.05) is 13.1 Å². The summed E-state index contributed by atoms with van der Waals surface area (Å²) in [7, 11) is 2.94. The third kappa shape index (κ3) is 2.60. The zero-order valence-corrected chi connectivity index (χ0v) is 15.0. The molecule has 0 aliphatic carbocycles. The zero-order valence-electron chi connectivity index (χ0n) is 14.2. The van der Waals surface area contributed by atoms with Crippen LogP contribution in [0.25, 0.3) is 11.2 Å². The lowest BCUT2D eigenvalue weighted by Gasteiger charge is -2.38. The summed E-state index contributed by atoms with van der Waals surface area (Å²) >= 11 is 1.41. The molecule has 4 rings (SSSR count). The highest BCUT2D eigenvalue weighted by molar-refractivity contribution is 7.11. The molecule has 1 aliphatic rings. The van der Waals surface area contributed by atoms with Crippen LogP contribution in [0.1, 0.15) is 0 Å². The van der Waals surface area contributed by atoms with Gasteiger partial charge < -0.3 is 14.2 Å². The molecule has 26 heavy (non-hydrogen) atoms. The van der Waals surface area contributed by atoms with Gasteiger partial charge in [0.1, 0.15) is 12.6 Å². The Balaban J connectivity index is 1.49. The first-order valence-corrected chi connectivity index (χ1v) is 8.78. The zero-order chi connectivity index (χ0) is 18.4. The molecular weight excluding hydrogens is 360 g/mol. The Morgan fingerprint density at radius 3 is 2.73 bits per heavy atom. The van der Waals surface area contributed by atoms with Crippen LogP contribution in [-0.4, -0.2) is 53.7 Å². The van der Waals surface area contributed by atoms with Crippen molar-refractivity contribution in [1.29, 1.82) is 0 Å². The quantitative estimate of drug-likeness (QED) is 0.589. The number of fused-ring (bicyclic) bond motifs is 1. The number of amides is 1. The molecule has 136 valence electrons. The van der Waals surface area contributed by atoms with E-state index in [-0.39, 0.29) is 29.7 Å². The van der Waals surface area contributed by atoms with Gasteiger partial charge in [-0.25, -0.2) is 14.8 Å². The summed E-state index contributed by atoms with van der Waals surface area (Å²) in [4.78, 5) is 46.6. The number of hydrogen-bond acceptors (Lipinski definition) is 7. The lowest BCUT2D eigenvalue weighted by atomic mass is 10.1. The van der Waals surface area contributed by atoms with Gasteiger partial charge in [-0.3, -0.25) is 18.7 Å². The fraction of sp³-hybridized carbons (Fsp3) is 0.400. The molecule has 0 saturated carbocycles. The van der Waals surface area contributed by atoms with Crippen molar-refractivity contribution in [3.63, 3.8) is 0 Å². The molecule has 1 fully saturated rings. The normalized spacial score (nSPS) is 14.6. The number of nitrogens with zero attached hydrogens (tertiary/aromatic N) is 6. The SMILES string of the molecule is Cn1c(=O)c2c(ncn2CC(=O)N2CC(Oc3nccs3)C2)n(C)c1=O. The maximum atomic E-state index is 12.5. The van der Waals surface area contributed by atoms with Crippen molar-refractivity contribution in [2.45, 2.75) is 12.6 Å². The van der Waals surface area contributed by atoms with Crippen molar-refractivity contribution >= 4 is 28.4 Å². The van der Waals surface area contributed by atoms with Crippen LogP contribution in [-0.2, 0) is 25.4 Å². The molecule has 1 saturated heterocycles. The Hall–Kier alpha value is -2.95. The van der Waals surface area contributed by atoms with Crippen LogP contribution in [0, 0.1) is 0 Å². The van der Waals surface area contributed by atoms with E-state index in [1.54, 1.807) is 18.1 Å². The standard InChI is InChI=1S/C15H16N6O4S/c1-18-12-11(13(23)19(2)15(18)24)21(8-17-12)7-10(22)20-5-9(6-20)25-14-16-3-4-26-14/h3-4,8-9H,5-7H2,1-2H3. The number of aryl methyl sites for hydroxylation is 1. The number of likely N-dealkylation sites (tertiary alicyclic amines) is 1. The number of rotatable bonds is 4. The van der Waals surface area contributed by atoms with Gasteiger partial charge >= 0.3 is 5.69 Å². The van der Waals surface area contributed by atoms with E-state index < -0.39 is 11.2 Å². The lowest BCUT2D eigenvalue weighted by molar-refractivity contribution is -0.140. The molecule has 0 aromatic carbocycles. The number of thiazole rings is 1. The maximum absolute atomic E-state index is 12.5. The summed E-state index contributed by atoms with van der Waals surface area (Å²) in [5.74, 6) is -0.140. The van der Waals surface area contributed by atoms with Gasteiger partial charge in [-0.15, -0.1) is 0 Å². The van der Waals surface area contributed by atoms with Crippen molar-refractivity contribution in [3.8, 4) is 5.19 Å². The summed E-state index contributed by atoms with van der Waals surface area (Å²) < 4.78 is 9.42. The van der Waals surface area contributed by atoms with Gasteiger partial charge in [0.25, 0.3) is 10.8 Å². The molecule has 1 amide bonds. The van der Waals surface area contributed by atoms with Gasteiger partial charge in [0.2, 0.25) is 5.91 Å². The van der Waals surface area contributed by atoms with Gasteiger partial charge in [-0.05, 0) is 0 Å². The molecule has 1 aliphatic heterocycles. The summed E-state index contributed by atoms with van der Waals surface area (Å²) in [6, 6.07) is 0. The Morgan fingerprint density at radius 2 is 2.04 bits per heavy atom. The second-order valence-corrected chi connectivity index (χ2v) is 6.94. The highest BCUT2D eigenvalue weighted by Crippen LogP contribution is 2.20. The van der Waals surface area contributed by atoms with Crippen molar-refractivity contribution < 1.29 is 9.53 Å². The molecule has 11 heteroatoms. The monoisotopic (exact) mass is 376 g/mol. The van der Waals surface area contributed by atoms with Crippen molar-refractivity contribution in [2.24, 2.45) is 14.1 Å². The van der Waals surface area contributed by atoms with Gasteiger partial charge in [0.05, 0.1) is 19.4 Å². The van der Waals surface area contributed by atoms with Crippen LogP contribution in [0.4, 0.5) is 0 Å². The Morgan fingerprint density at radius 1 is 1.27 bits per heavy atom. The highest BCUT2D eigenvalue weighted by atomic mass is 32.1. The van der Waals surface area contributed by atoms with E-state index in [0.717, 1.165) is 4.57 Å². The molecule has 4 heterocycles. The number of carbonyl (C=O) groups is 1. The minimum Gasteiger partial charge on any atom is -0.463 e. The molecule has 0 N–H and O–H groups in total. The summed E-state index contributed by atoms with van der Waals surface area (Å²) in [5, 5.41) is 2.42. The van der Waals surface area contributed by atoms with E-state index in [0.29, 0.717) is 18.3 Å². The number of aromatic nitrogens is 5. The van der Waals surface area contributed by atoms with E-state index in [1.165, 1.54) is 33.8 Å². The Kier molecular flexibility index (Phi) is 3.87. The fourth-order valence-corrected chi connectivity index (χ4v) is 3.44. The summed E-state index contributed by atoms with van der Waals surface area (Å²) in [6.45, 7) is 0.928. The second-order valence-electron chi connectivity index (χ2n) is 6.09. The van der Waals surface area contributed by atoms with Crippen LogP contribution >= 0.6 is 11.3 Å². The third-order valence-electron chi connectivity index (χ3n) is 4.40. The Bertz CT molecular complexity index is 1090.